The Labute approximate surface area is 190 Å². The number of non-ortho nitro benzene ring substituents is 1. The van der Waals surface area contributed by atoms with Gasteiger partial charge in [-0.2, -0.15) is 5.10 Å². The number of para-hydroxylation sites is 1. The van der Waals surface area contributed by atoms with Crippen molar-refractivity contribution in [2.24, 2.45) is 4.74 Å². The van der Waals surface area contributed by atoms with E-state index in [1.165, 1.54) is 6.07 Å². The van der Waals surface area contributed by atoms with Crippen molar-refractivity contribution in [1.29, 1.82) is 0 Å². The zero-order chi connectivity index (χ0) is 23.8. The van der Waals surface area contributed by atoms with Crippen LogP contribution in [0.15, 0.2) is 53.3 Å². The number of nitro benzene ring substituents is 1. The first-order chi connectivity index (χ1) is 14.9. The van der Waals surface area contributed by atoms with Crippen molar-refractivity contribution in [3.05, 3.63) is 75.6 Å². The van der Waals surface area contributed by atoms with Crippen molar-refractivity contribution in [1.82, 2.24) is 14.5 Å². The van der Waals surface area contributed by atoms with E-state index < -0.39 is 7.21 Å². The molecular weight excluding hydrogens is 421 g/mol. The fourth-order valence-corrected chi connectivity index (χ4v) is 8.73. The Morgan fingerprint density at radius 3 is 2.22 bits per heavy atom. The third-order valence-corrected chi connectivity index (χ3v) is 10.5. The summed E-state index contributed by atoms with van der Waals surface area (Å²) in [5, 5.41) is 17.2. The van der Waals surface area contributed by atoms with Gasteiger partial charge in [0.2, 0.25) is 0 Å². The molecule has 0 bridgehead atoms. The van der Waals surface area contributed by atoms with Crippen LogP contribution in [0.2, 0.25) is 0 Å². The first-order valence-corrected chi connectivity index (χ1v) is 12.3. The first kappa shape index (κ1) is 23.9. The Morgan fingerprint density at radius 2 is 1.69 bits per heavy atom. The van der Waals surface area contributed by atoms with Gasteiger partial charge in [0.25, 0.3) is 5.69 Å². The van der Waals surface area contributed by atoms with Crippen molar-refractivity contribution in [3.63, 3.8) is 0 Å². The van der Waals surface area contributed by atoms with Crippen LogP contribution >= 0.6 is 7.21 Å². The fraction of sp³-hybridized carbons (Fsp3) is 0.375. The van der Waals surface area contributed by atoms with Crippen LogP contribution in [0.4, 0.5) is 11.4 Å². The number of nitro groups is 1. The van der Waals surface area contributed by atoms with Gasteiger partial charge in [-0.1, -0.05) is 45.0 Å². The van der Waals surface area contributed by atoms with Gasteiger partial charge in [-0.3, -0.25) is 14.8 Å². The highest BCUT2D eigenvalue weighted by Crippen LogP contribution is 2.64. The topological polar surface area (TPSA) is 76.6 Å². The fourth-order valence-electron chi connectivity index (χ4n) is 4.31. The molecule has 3 rings (SSSR count). The van der Waals surface area contributed by atoms with Crippen molar-refractivity contribution in [3.8, 4) is 5.69 Å². The lowest BCUT2D eigenvalue weighted by Crippen LogP contribution is -2.34. The van der Waals surface area contributed by atoms with Crippen LogP contribution in [0.3, 0.4) is 0 Å². The van der Waals surface area contributed by atoms with Gasteiger partial charge in [-0.15, -0.1) is 0 Å². The van der Waals surface area contributed by atoms with E-state index in [4.69, 9.17) is 9.84 Å². The molecule has 0 spiro atoms. The monoisotopic (exact) mass is 453 g/mol. The summed E-state index contributed by atoms with van der Waals surface area (Å²) in [4.78, 5) is 11.1. The minimum absolute atomic E-state index is 0.0496. The summed E-state index contributed by atoms with van der Waals surface area (Å²) in [7, 11) is 1.67. The Kier molecular flexibility index (Phi) is 6.45. The van der Waals surface area contributed by atoms with Crippen LogP contribution in [0.5, 0.6) is 0 Å². The smallest absolute Gasteiger partial charge is 0.271 e. The van der Waals surface area contributed by atoms with E-state index in [0.29, 0.717) is 5.69 Å². The van der Waals surface area contributed by atoms with E-state index in [-0.39, 0.29) is 15.8 Å². The number of hydrogen-bond donors (Lipinski definition) is 0. The molecule has 1 aromatic heterocycles. The lowest BCUT2D eigenvalue weighted by molar-refractivity contribution is -0.384. The molecule has 0 saturated heterocycles. The van der Waals surface area contributed by atoms with E-state index in [1.54, 1.807) is 12.1 Å². The Morgan fingerprint density at radius 1 is 1.06 bits per heavy atom. The van der Waals surface area contributed by atoms with Crippen molar-refractivity contribution in [2.75, 3.05) is 14.1 Å². The van der Waals surface area contributed by atoms with E-state index >= 15 is 0 Å². The second-order valence-corrected chi connectivity index (χ2v) is 13.2. The SMILES string of the molecule is Cc1ccc([N+](=O)[O-])cc1N=P(c1c(C)nn(-c2ccccc2)c1C)(N(C)C)C(C)(C)C. The molecule has 0 aliphatic rings. The lowest BCUT2D eigenvalue weighted by Gasteiger charge is -2.42. The van der Waals surface area contributed by atoms with Crippen LogP contribution in [-0.2, 0) is 0 Å². The molecular formula is C24H32N5O2P. The van der Waals surface area contributed by atoms with Crippen molar-refractivity contribution in [2.45, 2.75) is 46.7 Å². The van der Waals surface area contributed by atoms with E-state index in [1.807, 2.05) is 63.0 Å². The number of benzene rings is 2. The normalized spacial score (nSPS) is 13.8. The van der Waals surface area contributed by atoms with Crippen molar-refractivity contribution < 1.29 is 4.92 Å². The minimum atomic E-state index is -2.43. The summed E-state index contributed by atoms with van der Waals surface area (Å²) in [6, 6.07) is 15.0. The molecule has 0 amide bonds. The van der Waals surface area contributed by atoms with Gasteiger partial charge in [0.15, 0.2) is 0 Å². The Bertz CT molecular complexity index is 1210. The molecule has 170 valence electrons. The maximum Gasteiger partial charge on any atom is 0.271 e. The van der Waals surface area contributed by atoms with Crippen LogP contribution < -0.4 is 5.30 Å². The average Bonchev–Trinajstić information content (AvgIpc) is 3.01. The summed E-state index contributed by atoms with van der Waals surface area (Å²) in [6.07, 6.45) is 0. The molecule has 0 aliphatic carbocycles. The van der Waals surface area contributed by atoms with E-state index in [2.05, 4.69) is 32.4 Å². The van der Waals surface area contributed by atoms with Crippen LogP contribution in [0.25, 0.3) is 5.69 Å². The van der Waals surface area contributed by atoms with E-state index in [9.17, 15) is 10.1 Å². The van der Waals surface area contributed by atoms with Gasteiger partial charge >= 0.3 is 0 Å². The highest BCUT2D eigenvalue weighted by Gasteiger charge is 2.42. The van der Waals surface area contributed by atoms with Crippen LogP contribution in [0.1, 0.15) is 37.7 Å². The standard InChI is InChI=1S/C24H32N5O2P/c1-17-14-15-21(29(30)31)16-22(17)26-32(27(7)8,24(4,5)6)23-18(2)25-28(19(23)3)20-12-10-9-11-13-20/h9-16H,1-8H3. The van der Waals surface area contributed by atoms with Gasteiger partial charge < -0.3 is 0 Å². The van der Waals surface area contributed by atoms with Crippen LogP contribution in [-0.4, -0.2) is 38.6 Å². The molecule has 3 aromatic rings. The zero-order valence-corrected chi connectivity index (χ0v) is 21.0. The average molecular weight is 454 g/mol. The number of hydrogen-bond acceptors (Lipinski definition) is 4. The van der Waals surface area contributed by atoms with E-state index in [0.717, 1.165) is 27.9 Å². The lowest BCUT2D eigenvalue weighted by atomic mass is 10.2. The van der Waals surface area contributed by atoms with Crippen molar-refractivity contribution >= 4 is 23.9 Å². The third kappa shape index (κ3) is 4.03. The summed E-state index contributed by atoms with van der Waals surface area (Å²) in [5.74, 6) is 0. The van der Waals surface area contributed by atoms with Gasteiger partial charge in [-0.05, 0) is 52.6 Å². The molecule has 32 heavy (non-hydrogen) atoms. The number of aryl methyl sites for hydroxylation is 2. The van der Waals surface area contributed by atoms with Gasteiger partial charge in [0, 0.05) is 17.3 Å². The highest BCUT2D eigenvalue weighted by atomic mass is 31.2. The maximum atomic E-state index is 11.4. The molecule has 0 saturated carbocycles. The summed E-state index contributed by atoms with van der Waals surface area (Å²) in [5.41, 5.74) is 4.58. The highest BCUT2D eigenvalue weighted by molar-refractivity contribution is 7.73. The molecule has 0 fully saturated rings. The molecule has 1 heterocycles. The second-order valence-electron chi connectivity index (χ2n) is 9.21. The molecule has 7 nitrogen and oxygen atoms in total. The maximum absolute atomic E-state index is 11.4. The third-order valence-electron chi connectivity index (χ3n) is 5.74. The van der Waals surface area contributed by atoms with Gasteiger partial charge in [0.05, 0.1) is 40.2 Å². The largest absolute Gasteiger partial charge is 0.271 e. The molecule has 8 heteroatoms. The number of aromatic nitrogens is 2. The molecule has 2 aromatic carbocycles. The zero-order valence-electron chi connectivity index (χ0n) is 20.1. The summed E-state index contributed by atoms with van der Waals surface area (Å²) < 4.78 is 9.56. The summed E-state index contributed by atoms with van der Waals surface area (Å²) >= 11 is 0. The second kappa shape index (κ2) is 8.64. The molecule has 0 N–H and O–H groups in total. The molecule has 0 aliphatic heterocycles. The Balaban J connectivity index is 2.43. The molecule has 1 atom stereocenters. The van der Waals surface area contributed by atoms with Gasteiger partial charge in [0.1, 0.15) is 0 Å². The predicted molar refractivity (Wildman–Crippen MR) is 133 cm³/mol. The van der Waals surface area contributed by atoms with Gasteiger partial charge in [-0.25, -0.2) is 9.43 Å². The molecule has 0 radical (unpaired) electrons. The van der Waals surface area contributed by atoms with Crippen LogP contribution in [0, 0.1) is 30.9 Å². The quantitative estimate of drug-likeness (QED) is 0.264. The number of nitrogens with zero attached hydrogens (tertiary/aromatic N) is 5. The minimum Gasteiger partial charge on any atom is -0.271 e. The Hall–Kier alpha value is -2.76. The number of rotatable bonds is 5. The first-order valence-electron chi connectivity index (χ1n) is 10.6. The molecule has 1 unspecified atom stereocenters. The predicted octanol–water partition coefficient (Wildman–Crippen LogP) is 6.14. The summed E-state index contributed by atoms with van der Waals surface area (Å²) in [6.45, 7) is 12.6.